The third-order valence-electron chi connectivity index (χ3n) is 4.94. The van der Waals surface area contributed by atoms with E-state index in [4.69, 9.17) is 0 Å². The quantitative estimate of drug-likeness (QED) is 0.851. The molecular formula is C19H24N2O3S2. The summed E-state index contributed by atoms with van der Waals surface area (Å²) in [6, 6.07) is 10.3. The summed E-state index contributed by atoms with van der Waals surface area (Å²) in [5, 5.41) is 4.72. The zero-order chi connectivity index (χ0) is 18.9. The summed E-state index contributed by atoms with van der Waals surface area (Å²) in [4.78, 5) is 12.9. The Kier molecular flexibility index (Phi) is 5.50. The van der Waals surface area contributed by atoms with E-state index in [1.807, 2.05) is 45.0 Å². The van der Waals surface area contributed by atoms with Crippen LogP contribution in [0.1, 0.15) is 31.9 Å². The number of amides is 1. The molecule has 0 spiro atoms. The second kappa shape index (κ2) is 7.50. The van der Waals surface area contributed by atoms with Gasteiger partial charge in [0.1, 0.15) is 10.3 Å². The first-order valence-corrected chi connectivity index (χ1v) is 11.0. The molecule has 0 radical (unpaired) electrons. The molecule has 1 aliphatic rings. The lowest BCUT2D eigenvalue weighted by Gasteiger charge is -2.35. The Balaban J connectivity index is 1.97. The molecule has 0 aliphatic carbocycles. The van der Waals surface area contributed by atoms with Gasteiger partial charge in [0.2, 0.25) is 5.91 Å². The van der Waals surface area contributed by atoms with Crippen LogP contribution >= 0.6 is 11.3 Å². The average Bonchev–Trinajstić information content (AvgIpc) is 3.15. The van der Waals surface area contributed by atoms with E-state index in [9.17, 15) is 13.2 Å². The van der Waals surface area contributed by atoms with Crippen molar-refractivity contribution < 1.29 is 13.2 Å². The molecule has 7 heteroatoms. The smallest absolute Gasteiger partial charge is 0.253 e. The Morgan fingerprint density at radius 2 is 1.85 bits per heavy atom. The van der Waals surface area contributed by atoms with E-state index in [0.717, 1.165) is 11.1 Å². The summed E-state index contributed by atoms with van der Waals surface area (Å²) >= 11 is 1.18. The van der Waals surface area contributed by atoms with Gasteiger partial charge in [-0.2, -0.15) is 4.31 Å². The van der Waals surface area contributed by atoms with Gasteiger partial charge < -0.3 is 5.32 Å². The van der Waals surface area contributed by atoms with E-state index < -0.39 is 16.1 Å². The van der Waals surface area contributed by atoms with Crippen molar-refractivity contribution in [1.82, 2.24) is 9.62 Å². The van der Waals surface area contributed by atoms with Crippen LogP contribution in [0, 0.1) is 5.92 Å². The highest BCUT2D eigenvalue weighted by molar-refractivity contribution is 7.91. The van der Waals surface area contributed by atoms with Crippen molar-refractivity contribution in [2.75, 3.05) is 0 Å². The van der Waals surface area contributed by atoms with Crippen molar-refractivity contribution in [3.05, 3.63) is 52.9 Å². The highest BCUT2D eigenvalue weighted by atomic mass is 32.2. The highest BCUT2D eigenvalue weighted by Gasteiger charge is 2.40. The van der Waals surface area contributed by atoms with Gasteiger partial charge in [0.25, 0.3) is 10.0 Å². The number of rotatable bonds is 5. The highest BCUT2D eigenvalue weighted by Crippen LogP contribution is 2.31. The number of fused-ring (bicyclic) bond motifs is 1. The van der Waals surface area contributed by atoms with Gasteiger partial charge in [0, 0.05) is 12.6 Å². The summed E-state index contributed by atoms with van der Waals surface area (Å²) in [7, 11) is -3.72. The number of nitrogens with one attached hydrogen (secondary N) is 1. The Morgan fingerprint density at radius 1 is 1.15 bits per heavy atom. The maximum atomic E-state index is 13.1. The SMILES string of the molecule is CC(C)[C@@H](C)NC(=O)[C@H]1Cc2ccccc2CN1S(=O)(=O)c1cccs1. The molecule has 140 valence electrons. The first-order chi connectivity index (χ1) is 12.3. The number of nitrogens with zero attached hydrogens (tertiary/aromatic N) is 1. The van der Waals surface area contributed by atoms with Crippen LogP contribution in [0.2, 0.25) is 0 Å². The van der Waals surface area contributed by atoms with Crippen LogP contribution in [0.15, 0.2) is 46.0 Å². The number of carbonyl (C=O) groups is 1. The molecule has 1 amide bonds. The first-order valence-electron chi connectivity index (χ1n) is 8.73. The molecule has 5 nitrogen and oxygen atoms in total. The minimum atomic E-state index is -3.72. The predicted octanol–water partition coefficient (Wildman–Crippen LogP) is 3.02. The lowest BCUT2D eigenvalue weighted by molar-refractivity contribution is -0.126. The van der Waals surface area contributed by atoms with Crippen molar-refractivity contribution in [3.8, 4) is 0 Å². The standard InChI is InChI=1S/C19H24N2O3S2/c1-13(2)14(3)20-19(22)17-11-15-7-4-5-8-16(15)12-21(17)26(23,24)18-9-6-10-25-18/h4-10,13-14,17H,11-12H2,1-3H3,(H,20,22)/t14-,17-/m1/s1. The second-order valence-corrected chi connectivity index (χ2v) is 10.1. The number of carbonyl (C=O) groups excluding carboxylic acids is 1. The van der Waals surface area contributed by atoms with Crippen LogP contribution in [-0.2, 0) is 27.8 Å². The van der Waals surface area contributed by atoms with E-state index in [-0.39, 0.29) is 28.6 Å². The van der Waals surface area contributed by atoms with Gasteiger partial charge >= 0.3 is 0 Å². The Bertz CT molecular complexity index is 876. The molecule has 3 rings (SSSR count). The molecule has 1 N–H and O–H groups in total. The van der Waals surface area contributed by atoms with E-state index in [1.165, 1.54) is 15.6 Å². The fourth-order valence-electron chi connectivity index (χ4n) is 2.99. The fraction of sp³-hybridized carbons (Fsp3) is 0.421. The van der Waals surface area contributed by atoms with E-state index in [2.05, 4.69) is 5.32 Å². The van der Waals surface area contributed by atoms with Gasteiger partial charge in [-0.05, 0) is 41.8 Å². The molecule has 1 aromatic carbocycles. The van der Waals surface area contributed by atoms with Crippen LogP contribution < -0.4 is 5.32 Å². The molecule has 2 aromatic rings. The summed E-state index contributed by atoms with van der Waals surface area (Å²) in [5.74, 6) is 0.0398. The van der Waals surface area contributed by atoms with Crippen LogP contribution in [0.5, 0.6) is 0 Å². The monoisotopic (exact) mass is 392 g/mol. The van der Waals surface area contributed by atoms with Crippen LogP contribution in [0.25, 0.3) is 0 Å². The molecule has 1 aliphatic heterocycles. The topological polar surface area (TPSA) is 66.5 Å². The second-order valence-electron chi connectivity index (χ2n) is 7.01. The summed E-state index contributed by atoms with van der Waals surface area (Å²) in [5.41, 5.74) is 1.98. The zero-order valence-corrected chi connectivity index (χ0v) is 16.8. The van der Waals surface area contributed by atoms with Crippen molar-refractivity contribution >= 4 is 27.3 Å². The number of benzene rings is 1. The van der Waals surface area contributed by atoms with E-state index >= 15 is 0 Å². The van der Waals surface area contributed by atoms with Crippen LogP contribution in [0.3, 0.4) is 0 Å². The average molecular weight is 393 g/mol. The Labute approximate surface area is 159 Å². The maximum Gasteiger partial charge on any atom is 0.253 e. The lowest BCUT2D eigenvalue weighted by atomic mass is 9.95. The fourth-order valence-corrected chi connectivity index (χ4v) is 5.67. The molecule has 26 heavy (non-hydrogen) atoms. The van der Waals surface area contributed by atoms with Crippen molar-refractivity contribution in [3.63, 3.8) is 0 Å². The largest absolute Gasteiger partial charge is 0.352 e. The zero-order valence-electron chi connectivity index (χ0n) is 15.2. The third kappa shape index (κ3) is 3.70. The number of hydrogen-bond donors (Lipinski definition) is 1. The summed E-state index contributed by atoms with van der Waals surface area (Å²) in [6.07, 6.45) is 0.386. The Hall–Kier alpha value is -1.70. The van der Waals surface area contributed by atoms with Gasteiger partial charge in [0.05, 0.1) is 0 Å². The number of hydrogen-bond acceptors (Lipinski definition) is 4. The summed E-state index contributed by atoms with van der Waals surface area (Å²) in [6.45, 7) is 6.21. The molecule has 2 heterocycles. The van der Waals surface area contributed by atoms with Gasteiger partial charge in [-0.15, -0.1) is 11.3 Å². The number of thiophene rings is 1. The van der Waals surface area contributed by atoms with E-state index in [0.29, 0.717) is 6.42 Å². The van der Waals surface area contributed by atoms with Gasteiger partial charge in [-0.1, -0.05) is 44.2 Å². The molecule has 0 unspecified atom stereocenters. The minimum absolute atomic E-state index is 0.0223. The van der Waals surface area contributed by atoms with Crippen LogP contribution in [-0.4, -0.2) is 30.7 Å². The van der Waals surface area contributed by atoms with Crippen LogP contribution in [0.4, 0.5) is 0 Å². The van der Waals surface area contributed by atoms with Crippen molar-refractivity contribution in [2.24, 2.45) is 5.92 Å². The third-order valence-corrected chi connectivity index (χ3v) is 8.16. The molecule has 2 atom stereocenters. The summed E-state index contributed by atoms with van der Waals surface area (Å²) < 4.78 is 27.9. The maximum absolute atomic E-state index is 13.1. The van der Waals surface area contributed by atoms with Gasteiger partial charge in [-0.25, -0.2) is 8.42 Å². The van der Waals surface area contributed by atoms with Gasteiger partial charge in [0.15, 0.2) is 0 Å². The molecule has 0 fully saturated rings. The van der Waals surface area contributed by atoms with Gasteiger partial charge in [-0.3, -0.25) is 4.79 Å². The normalized spacial score (nSPS) is 19.2. The molecule has 0 saturated carbocycles. The first kappa shape index (κ1) is 19.1. The molecule has 0 saturated heterocycles. The van der Waals surface area contributed by atoms with E-state index in [1.54, 1.807) is 17.5 Å². The molecule has 1 aromatic heterocycles. The van der Waals surface area contributed by atoms with Crippen molar-refractivity contribution in [2.45, 2.75) is 50.0 Å². The molecular weight excluding hydrogens is 368 g/mol. The minimum Gasteiger partial charge on any atom is -0.352 e. The molecule has 0 bridgehead atoms. The predicted molar refractivity (Wildman–Crippen MR) is 103 cm³/mol. The van der Waals surface area contributed by atoms with Crippen molar-refractivity contribution in [1.29, 1.82) is 0 Å². The number of sulfonamides is 1. The lowest BCUT2D eigenvalue weighted by Crippen LogP contribution is -2.54. The Morgan fingerprint density at radius 3 is 2.46 bits per heavy atom.